The van der Waals surface area contributed by atoms with Crippen LogP contribution in [0.2, 0.25) is 10.0 Å². The van der Waals surface area contributed by atoms with Gasteiger partial charge in [-0.05, 0) is 17.7 Å². The molecule has 2 aromatic rings. The predicted molar refractivity (Wildman–Crippen MR) is 88.4 cm³/mol. The van der Waals surface area contributed by atoms with Crippen LogP contribution in [-0.4, -0.2) is 19.2 Å². The van der Waals surface area contributed by atoms with Gasteiger partial charge in [0, 0.05) is 17.7 Å². The molecule has 0 saturated carbocycles. The van der Waals surface area contributed by atoms with Gasteiger partial charge in [0.25, 0.3) is 5.91 Å². The van der Waals surface area contributed by atoms with Crippen molar-refractivity contribution in [1.29, 1.82) is 0 Å². The lowest BCUT2D eigenvalue weighted by Crippen LogP contribution is -2.26. The number of hydrazone groups is 1. The Bertz CT molecular complexity index is 675. The number of carbonyl (C=O) groups is 1. The van der Waals surface area contributed by atoms with Gasteiger partial charge in [-0.15, -0.1) is 0 Å². The summed E-state index contributed by atoms with van der Waals surface area (Å²) >= 11 is 11.8. The van der Waals surface area contributed by atoms with Crippen LogP contribution in [0.15, 0.2) is 53.6 Å². The topological polar surface area (TPSA) is 50.7 Å². The monoisotopic (exact) mass is 336 g/mol. The highest BCUT2D eigenvalue weighted by atomic mass is 35.5. The van der Waals surface area contributed by atoms with Crippen LogP contribution in [0, 0.1) is 0 Å². The van der Waals surface area contributed by atoms with Crippen molar-refractivity contribution >= 4 is 35.3 Å². The zero-order chi connectivity index (χ0) is 15.9. The third-order valence-electron chi connectivity index (χ3n) is 2.92. The van der Waals surface area contributed by atoms with Gasteiger partial charge in [0.2, 0.25) is 0 Å². The first-order valence-electron chi connectivity index (χ1n) is 6.47. The van der Waals surface area contributed by atoms with E-state index in [1.54, 1.807) is 18.2 Å². The van der Waals surface area contributed by atoms with Gasteiger partial charge in [0.1, 0.15) is 0 Å². The smallest absolute Gasteiger partial charge is 0.273 e. The number of ether oxygens (including phenoxy) is 1. The van der Waals surface area contributed by atoms with Crippen molar-refractivity contribution in [2.75, 3.05) is 7.11 Å². The number of amides is 1. The largest absolute Gasteiger partial charge is 0.367 e. The Hall–Kier alpha value is -1.88. The van der Waals surface area contributed by atoms with E-state index in [9.17, 15) is 4.79 Å². The highest BCUT2D eigenvalue weighted by molar-refractivity contribution is 6.36. The van der Waals surface area contributed by atoms with Crippen LogP contribution >= 0.6 is 23.2 Å². The van der Waals surface area contributed by atoms with Crippen molar-refractivity contribution in [3.63, 3.8) is 0 Å². The predicted octanol–water partition coefficient (Wildman–Crippen LogP) is 3.83. The Labute approximate surface area is 138 Å². The number of hydrogen-bond acceptors (Lipinski definition) is 3. The lowest BCUT2D eigenvalue weighted by Gasteiger charge is -2.13. The van der Waals surface area contributed by atoms with Crippen molar-refractivity contribution in [2.45, 2.75) is 6.10 Å². The molecule has 22 heavy (non-hydrogen) atoms. The van der Waals surface area contributed by atoms with Crippen molar-refractivity contribution in [3.8, 4) is 0 Å². The van der Waals surface area contributed by atoms with Crippen LogP contribution < -0.4 is 5.43 Å². The Morgan fingerprint density at radius 3 is 2.59 bits per heavy atom. The Morgan fingerprint density at radius 1 is 1.23 bits per heavy atom. The molecule has 0 spiro atoms. The maximum Gasteiger partial charge on any atom is 0.273 e. The van der Waals surface area contributed by atoms with Crippen molar-refractivity contribution in [1.82, 2.24) is 5.43 Å². The van der Waals surface area contributed by atoms with E-state index in [-0.39, 0.29) is 5.91 Å². The minimum Gasteiger partial charge on any atom is -0.367 e. The van der Waals surface area contributed by atoms with Crippen LogP contribution in [-0.2, 0) is 9.53 Å². The van der Waals surface area contributed by atoms with Gasteiger partial charge < -0.3 is 4.74 Å². The first kappa shape index (κ1) is 16.5. The number of rotatable bonds is 5. The summed E-state index contributed by atoms with van der Waals surface area (Å²) in [6, 6.07) is 14.2. The molecular formula is C16H14Cl2N2O2. The summed E-state index contributed by atoms with van der Waals surface area (Å²) in [7, 11) is 1.47. The molecule has 6 heteroatoms. The van der Waals surface area contributed by atoms with E-state index >= 15 is 0 Å². The van der Waals surface area contributed by atoms with Gasteiger partial charge in [-0.2, -0.15) is 5.10 Å². The maximum atomic E-state index is 12.1. The number of halogens is 2. The average Bonchev–Trinajstić information content (AvgIpc) is 2.51. The summed E-state index contributed by atoms with van der Waals surface area (Å²) in [5, 5.41) is 4.89. The number of nitrogens with one attached hydrogen (secondary N) is 1. The summed E-state index contributed by atoms with van der Waals surface area (Å²) in [6.45, 7) is 0. The maximum absolute atomic E-state index is 12.1. The highest BCUT2D eigenvalue weighted by Gasteiger charge is 2.19. The fourth-order valence-corrected chi connectivity index (χ4v) is 2.31. The van der Waals surface area contributed by atoms with Gasteiger partial charge in [-0.25, -0.2) is 5.43 Å². The molecule has 114 valence electrons. The number of hydrogen-bond donors (Lipinski definition) is 1. The summed E-state index contributed by atoms with van der Waals surface area (Å²) in [4.78, 5) is 12.1. The lowest BCUT2D eigenvalue weighted by molar-refractivity contribution is -0.131. The van der Waals surface area contributed by atoms with E-state index in [1.165, 1.54) is 13.3 Å². The molecule has 0 fully saturated rings. The van der Waals surface area contributed by atoms with E-state index < -0.39 is 6.10 Å². The quantitative estimate of drug-likeness (QED) is 0.666. The molecule has 2 aromatic carbocycles. The van der Waals surface area contributed by atoms with E-state index in [0.29, 0.717) is 15.6 Å². The summed E-state index contributed by atoms with van der Waals surface area (Å²) in [5.74, 6) is -0.366. The molecule has 0 aliphatic rings. The van der Waals surface area contributed by atoms with Gasteiger partial charge >= 0.3 is 0 Å². The number of methoxy groups -OCH3 is 1. The molecule has 1 atom stereocenters. The molecule has 0 heterocycles. The molecule has 0 aliphatic carbocycles. The number of nitrogens with zero attached hydrogens (tertiary/aromatic N) is 1. The second-order valence-corrected chi connectivity index (χ2v) is 5.27. The van der Waals surface area contributed by atoms with E-state index in [1.807, 2.05) is 30.3 Å². The van der Waals surface area contributed by atoms with Gasteiger partial charge in [-0.1, -0.05) is 59.6 Å². The van der Waals surface area contributed by atoms with E-state index in [4.69, 9.17) is 27.9 Å². The van der Waals surface area contributed by atoms with Gasteiger partial charge in [0.15, 0.2) is 6.10 Å². The molecule has 0 bridgehead atoms. The molecule has 2 rings (SSSR count). The third-order valence-corrected chi connectivity index (χ3v) is 3.48. The molecule has 0 saturated heterocycles. The molecule has 1 amide bonds. The molecule has 0 aromatic heterocycles. The molecular weight excluding hydrogens is 323 g/mol. The van der Waals surface area contributed by atoms with Crippen LogP contribution in [0.1, 0.15) is 17.2 Å². The van der Waals surface area contributed by atoms with E-state index in [2.05, 4.69) is 10.5 Å². The van der Waals surface area contributed by atoms with Gasteiger partial charge in [-0.3, -0.25) is 4.79 Å². The average molecular weight is 337 g/mol. The lowest BCUT2D eigenvalue weighted by atomic mass is 10.1. The summed E-state index contributed by atoms with van der Waals surface area (Å²) < 4.78 is 5.21. The Morgan fingerprint density at radius 2 is 1.95 bits per heavy atom. The molecule has 1 N–H and O–H groups in total. The standard InChI is InChI=1S/C16H14Cl2N2O2/c1-22-15(11-5-3-2-4-6-11)16(21)20-19-10-12-7-8-13(17)9-14(12)18/h2-10,15H,1H3,(H,20,21). The van der Waals surface area contributed by atoms with Crippen molar-refractivity contribution < 1.29 is 9.53 Å². The number of benzene rings is 2. The fourth-order valence-electron chi connectivity index (χ4n) is 1.85. The molecule has 4 nitrogen and oxygen atoms in total. The van der Waals surface area contributed by atoms with Crippen molar-refractivity contribution in [3.05, 3.63) is 69.7 Å². The van der Waals surface area contributed by atoms with Crippen LogP contribution in [0.3, 0.4) is 0 Å². The first-order valence-corrected chi connectivity index (χ1v) is 7.23. The second kappa shape index (κ2) is 7.94. The summed E-state index contributed by atoms with van der Waals surface area (Å²) in [6.07, 6.45) is 0.730. The normalized spacial score (nSPS) is 12.3. The second-order valence-electron chi connectivity index (χ2n) is 4.43. The van der Waals surface area contributed by atoms with Crippen LogP contribution in [0.25, 0.3) is 0 Å². The summed E-state index contributed by atoms with van der Waals surface area (Å²) in [5.41, 5.74) is 3.84. The fraction of sp³-hybridized carbons (Fsp3) is 0.125. The number of carbonyl (C=O) groups excluding carboxylic acids is 1. The zero-order valence-corrected chi connectivity index (χ0v) is 13.3. The van der Waals surface area contributed by atoms with Crippen LogP contribution in [0.4, 0.5) is 0 Å². The van der Waals surface area contributed by atoms with Crippen molar-refractivity contribution in [2.24, 2.45) is 5.10 Å². The van der Waals surface area contributed by atoms with E-state index in [0.717, 1.165) is 5.56 Å². The Kier molecular flexibility index (Phi) is 5.95. The minimum atomic E-state index is -0.723. The third kappa shape index (κ3) is 4.31. The van der Waals surface area contributed by atoms with Gasteiger partial charge in [0.05, 0.1) is 11.2 Å². The molecule has 0 aliphatic heterocycles. The zero-order valence-electron chi connectivity index (χ0n) is 11.8. The highest BCUT2D eigenvalue weighted by Crippen LogP contribution is 2.19. The Balaban J connectivity index is 2.03. The van der Waals surface area contributed by atoms with Crippen LogP contribution in [0.5, 0.6) is 0 Å². The minimum absolute atomic E-state index is 0.366. The first-order chi connectivity index (χ1) is 10.6. The molecule has 1 unspecified atom stereocenters. The SMILES string of the molecule is COC(C(=O)NN=Cc1ccc(Cl)cc1Cl)c1ccccc1. The molecule has 0 radical (unpaired) electrons.